The van der Waals surface area contributed by atoms with Crippen molar-refractivity contribution in [3.8, 4) is 0 Å². The summed E-state index contributed by atoms with van der Waals surface area (Å²) in [6, 6.07) is 7.78. The summed E-state index contributed by atoms with van der Waals surface area (Å²) in [5.74, 6) is -0.0613. The average Bonchev–Trinajstić information content (AvgIpc) is 2.93. The number of halogens is 1. The van der Waals surface area contributed by atoms with Crippen LogP contribution in [-0.4, -0.2) is 52.0 Å². The van der Waals surface area contributed by atoms with Crippen molar-refractivity contribution in [1.29, 1.82) is 0 Å². The standard InChI is InChI=1S/C14H16ClN5O/c1-18-10-13(16-17-18)14(21)20-7-5-19(6-8-20)12-4-2-3-11(15)9-12/h2-4,9-10H,5-8H2,1H3. The zero-order chi connectivity index (χ0) is 14.8. The van der Waals surface area contributed by atoms with Crippen LogP contribution in [0.4, 0.5) is 5.69 Å². The van der Waals surface area contributed by atoms with E-state index in [1.165, 1.54) is 4.68 Å². The first kappa shape index (κ1) is 13.9. The molecule has 1 aromatic carbocycles. The van der Waals surface area contributed by atoms with E-state index in [0.717, 1.165) is 23.8 Å². The van der Waals surface area contributed by atoms with Crippen LogP contribution in [-0.2, 0) is 7.05 Å². The lowest BCUT2D eigenvalue weighted by Gasteiger charge is -2.35. The van der Waals surface area contributed by atoms with Crippen LogP contribution in [0.25, 0.3) is 0 Å². The smallest absolute Gasteiger partial charge is 0.276 e. The van der Waals surface area contributed by atoms with Crippen molar-refractivity contribution in [3.63, 3.8) is 0 Å². The van der Waals surface area contributed by atoms with Crippen LogP contribution in [0.15, 0.2) is 30.5 Å². The lowest BCUT2D eigenvalue weighted by atomic mass is 10.2. The third-order valence-corrected chi connectivity index (χ3v) is 3.80. The van der Waals surface area contributed by atoms with Gasteiger partial charge in [-0.2, -0.15) is 0 Å². The zero-order valence-electron chi connectivity index (χ0n) is 11.7. The Bertz CT molecular complexity index is 648. The Labute approximate surface area is 127 Å². The van der Waals surface area contributed by atoms with Gasteiger partial charge in [-0.1, -0.05) is 22.9 Å². The number of benzene rings is 1. The topological polar surface area (TPSA) is 54.3 Å². The predicted molar refractivity (Wildman–Crippen MR) is 80.6 cm³/mol. The highest BCUT2D eigenvalue weighted by molar-refractivity contribution is 6.30. The van der Waals surface area contributed by atoms with Gasteiger partial charge in [0.1, 0.15) is 0 Å². The second kappa shape index (κ2) is 5.73. The summed E-state index contributed by atoms with van der Waals surface area (Å²) in [5, 5.41) is 8.40. The van der Waals surface area contributed by atoms with E-state index in [2.05, 4.69) is 15.2 Å². The number of amides is 1. The first-order valence-electron chi connectivity index (χ1n) is 6.79. The Morgan fingerprint density at radius 2 is 2.00 bits per heavy atom. The maximum absolute atomic E-state index is 12.3. The van der Waals surface area contributed by atoms with Crippen molar-refractivity contribution in [3.05, 3.63) is 41.2 Å². The number of carbonyl (C=O) groups excluding carboxylic acids is 1. The van der Waals surface area contributed by atoms with Crippen molar-refractivity contribution in [2.24, 2.45) is 7.05 Å². The number of nitrogens with zero attached hydrogens (tertiary/aromatic N) is 5. The Morgan fingerprint density at radius 3 is 2.62 bits per heavy atom. The number of carbonyl (C=O) groups is 1. The summed E-state index contributed by atoms with van der Waals surface area (Å²) >= 11 is 6.02. The molecule has 0 spiro atoms. The Kier molecular flexibility index (Phi) is 3.79. The predicted octanol–water partition coefficient (Wildman–Crippen LogP) is 1.43. The number of piperazine rings is 1. The molecule has 1 aliphatic rings. The molecule has 0 radical (unpaired) electrons. The fourth-order valence-corrected chi connectivity index (χ4v) is 2.63. The summed E-state index contributed by atoms with van der Waals surface area (Å²) in [6.45, 7) is 2.91. The molecule has 6 nitrogen and oxygen atoms in total. The third kappa shape index (κ3) is 3.00. The molecular formula is C14H16ClN5O. The lowest BCUT2D eigenvalue weighted by molar-refractivity contribution is 0.0740. The largest absolute Gasteiger partial charge is 0.368 e. The molecule has 1 amide bonds. The molecule has 1 fully saturated rings. The number of aromatic nitrogens is 3. The molecule has 2 heterocycles. The molecule has 1 saturated heterocycles. The highest BCUT2D eigenvalue weighted by Gasteiger charge is 2.24. The summed E-state index contributed by atoms with van der Waals surface area (Å²) in [7, 11) is 1.75. The minimum Gasteiger partial charge on any atom is -0.368 e. The Balaban J connectivity index is 1.64. The molecule has 3 rings (SSSR count). The van der Waals surface area contributed by atoms with E-state index in [1.54, 1.807) is 13.2 Å². The van der Waals surface area contributed by atoms with E-state index in [-0.39, 0.29) is 5.91 Å². The van der Waals surface area contributed by atoms with Crippen LogP contribution in [0, 0.1) is 0 Å². The van der Waals surface area contributed by atoms with E-state index < -0.39 is 0 Å². The molecule has 1 aliphatic heterocycles. The Hall–Kier alpha value is -2.08. The highest BCUT2D eigenvalue weighted by Crippen LogP contribution is 2.21. The highest BCUT2D eigenvalue weighted by atomic mass is 35.5. The van der Waals surface area contributed by atoms with Crippen molar-refractivity contribution in [1.82, 2.24) is 19.9 Å². The summed E-state index contributed by atoms with van der Waals surface area (Å²) in [4.78, 5) is 16.3. The summed E-state index contributed by atoms with van der Waals surface area (Å²) in [6.07, 6.45) is 1.64. The molecule has 0 N–H and O–H groups in total. The number of aryl methyl sites for hydroxylation is 1. The number of hydrogen-bond donors (Lipinski definition) is 0. The first-order chi connectivity index (χ1) is 10.1. The van der Waals surface area contributed by atoms with E-state index >= 15 is 0 Å². The van der Waals surface area contributed by atoms with Crippen LogP contribution in [0.2, 0.25) is 5.02 Å². The summed E-state index contributed by atoms with van der Waals surface area (Å²) in [5.41, 5.74) is 1.49. The van der Waals surface area contributed by atoms with Gasteiger partial charge in [-0.15, -0.1) is 5.10 Å². The maximum Gasteiger partial charge on any atom is 0.276 e. The first-order valence-corrected chi connectivity index (χ1v) is 7.17. The number of anilines is 1. The molecule has 7 heteroatoms. The van der Waals surface area contributed by atoms with E-state index in [9.17, 15) is 4.79 Å². The van der Waals surface area contributed by atoms with E-state index in [4.69, 9.17) is 11.6 Å². The maximum atomic E-state index is 12.3. The third-order valence-electron chi connectivity index (χ3n) is 3.56. The molecule has 2 aromatic rings. The van der Waals surface area contributed by atoms with Crippen LogP contribution < -0.4 is 4.90 Å². The molecular weight excluding hydrogens is 290 g/mol. The normalized spacial score (nSPS) is 15.3. The van der Waals surface area contributed by atoms with Gasteiger partial charge in [-0.3, -0.25) is 9.48 Å². The van der Waals surface area contributed by atoms with Crippen molar-refractivity contribution >= 4 is 23.2 Å². The average molecular weight is 306 g/mol. The monoisotopic (exact) mass is 305 g/mol. The van der Waals surface area contributed by atoms with Crippen LogP contribution in [0.5, 0.6) is 0 Å². The number of hydrogen-bond acceptors (Lipinski definition) is 4. The zero-order valence-corrected chi connectivity index (χ0v) is 12.5. The van der Waals surface area contributed by atoms with Crippen LogP contribution in [0.1, 0.15) is 10.5 Å². The van der Waals surface area contributed by atoms with Gasteiger partial charge in [0.25, 0.3) is 5.91 Å². The van der Waals surface area contributed by atoms with Crippen LogP contribution in [0.3, 0.4) is 0 Å². The van der Waals surface area contributed by atoms with Crippen molar-refractivity contribution in [2.45, 2.75) is 0 Å². The quantitative estimate of drug-likeness (QED) is 0.842. The van der Waals surface area contributed by atoms with Gasteiger partial charge < -0.3 is 9.80 Å². The van der Waals surface area contributed by atoms with E-state index in [0.29, 0.717) is 18.8 Å². The molecule has 0 aliphatic carbocycles. The van der Waals surface area contributed by atoms with Crippen LogP contribution >= 0.6 is 11.6 Å². The molecule has 0 atom stereocenters. The molecule has 110 valence electrons. The second-order valence-corrected chi connectivity index (χ2v) is 5.47. The Morgan fingerprint density at radius 1 is 1.24 bits per heavy atom. The summed E-state index contributed by atoms with van der Waals surface area (Å²) < 4.78 is 1.54. The van der Waals surface area contributed by atoms with Gasteiger partial charge in [0.15, 0.2) is 5.69 Å². The van der Waals surface area contributed by atoms with Gasteiger partial charge >= 0.3 is 0 Å². The molecule has 1 aromatic heterocycles. The lowest BCUT2D eigenvalue weighted by Crippen LogP contribution is -2.48. The molecule has 21 heavy (non-hydrogen) atoms. The molecule has 0 unspecified atom stereocenters. The molecule has 0 bridgehead atoms. The second-order valence-electron chi connectivity index (χ2n) is 5.04. The fourth-order valence-electron chi connectivity index (χ4n) is 2.45. The number of rotatable bonds is 2. The minimum atomic E-state index is -0.0613. The fraction of sp³-hybridized carbons (Fsp3) is 0.357. The van der Waals surface area contributed by atoms with Gasteiger partial charge in [-0.05, 0) is 18.2 Å². The van der Waals surface area contributed by atoms with Gasteiger partial charge in [0, 0.05) is 43.9 Å². The van der Waals surface area contributed by atoms with Gasteiger partial charge in [-0.25, -0.2) is 0 Å². The van der Waals surface area contributed by atoms with Crippen molar-refractivity contribution in [2.75, 3.05) is 31.1 Å². The van der Waals surface area contributed by atoms with Gasteiger partial charge in [0.05, 0.1) is 6.20 Å². The van der Waals surface area contributed by atoms with Crippen molar-refractivity contribution < 1.29 is 4.79 Å². The van der Waals surface area contributed by atoms with Gasteiger partial charge in [0.2, 0.25) is 0 Å². The minimum absolute atomic E-state index is 0.0613. The molecule has 0 saturated carbocycles. The van der Waals surface area contributed by atoms with E-state index in [1.807, 2.05) is 29.2 Å². The SMILES string of the molecule is Cn1cc(C(=O)N2CCN(c3cccc(Cl)c3)CC2)nn1.